The van der Waals surface area contributed by atoms with Crippen molar-refractivity contribution < 1.29 is 29.0 Å². The van der Waals surface area contributed by atoms with E-state index < -0.39 is 35.6 Å². The lowest BCUT2D eigenvalue weighted by atomic mass is 9.70. The molecule has 1 spiro atoms. The molecule has 3 unspecified atom stereocenters. The van der Waals surface area contributed by atoms with Gasteiger partial charge >= 0.3 is 5.97 Å². The lowest BCUT2D eigenvalue weighted by Gasteiger charge is -2.37. The van der Waals surface area contributed by atoms with Crippen LogP contribution in [0.15, 0.2) is 49.6 Å². The van der Waals surface area contributed by atoms with Crippen LogP contribution in [0.2, 0.25) is 0 Å². The van der Waals surface area contributed by atoms with Gasteiger partial charge in [0, 0.05) is 49.0 Å². The Hall–Kier alpha value is -2.69. The van der Waals surface area contributed by atoms with E-state index in [0.29, 0.717) is 37.9 Å². The number of ether oxygens (including phenoxy) is 2. The first kappa shape index (κ1) is 33.2. The van der Waals surface area contributed by atoms with Crippen LogP contribution < -0.4 is 9.80 Å². The lowest BCUT2D eigenvalue weighted by Crippen LogP contribution is -2.57. The third-order valence-electron chi connectivity index (χ3n) is 9.04. The minimum atomic E-state index is -1.15. The summed E-state index contributed by atoms with van der Waals surface area (Å²) in [7, 11) is 0. The number of hydrogen-bond donors (Lipinski definition) is 1. The van der Waals surface area contributed by atoms with Gasteiger partial charge in [0.1, 0.15) is 11.6 Å². The average molecular weight is 661 g/mol. The summed E-state index contributed by atoms with van der Waals surface area (Å²) in [6, 6.07) is 6.97. The molecule has 6 atom stereocenters. The van der Waals surface area contributed by atoms with Gasteiger partial charge in [-0.3, -0.25) is 14.4 Å². The van der Waals surface area contributed by atoms with Crippen molar-refractivity contribution in [2.45, 2.75) is 74.9 Å². The summed E-state index contributed by atoms with van der Waals surface area (Å²) in [4.78, 5) is 47.7. The monoisotopic (exact) mass is 659 g/mol. The highest BCUT2D eigenvalue weighted by molar-refractivity contribution is 9.09. The Kier molecular flexibility index (Phi) is 11.5. The number of likely N-dealkylation sites (tertiary alicyclic amines) is 1. The summed E-state index contributed by atoms with van der Waals surface area (Å²) in [6.07, 6.45) is 6.74. The lowest BCUT2D eigenvalue weighted by molar-refractivity contribution is -0.154. The Morgan fingerprint density at radius 1 is 1.12 bits per heavy atom. The van der Waals surface area contributed by atoms with Gasteiger partial charge in [-0.15, -0.1) is 13.2 Å². The minimum absolute atomic E-state index is 0.121. The molecule has 0 aromatic heterocycles. The number of fused-ring (bicyclic) bond motifs is 1. The van der Waals surface area contributed by atoms with Crippen LogP contribution in [0.3, 0.4) is 0 Å². The van der Waals surface area contributed by atoms with Crippen LogP contribution in [-0.4, -0.2) is 89.8 Å². The van der Waals surface area contributed by atoms with E-state index >= 15 is 0 Å². The van der Waals surface area contributed by atoms with E-state index in [0.717, 1.165) is 31.6 Å². The van der Waals surface area contributed by atoms with Gasteiger partial charge in [-0.2, -0.15) is 0 Å². The number of amides is 2. The molecule has 0 aliphatic carbocycles. The standard InChI is InChI=1S/C33H46BrN3O6/c1-5-9-21-42-32(41)26-27-30(39)37(19-12-10-11-13-20-38)29(33(27)22-25(34)28(26)43-33)31(40)36(18-6-2)24-16-14-23(15-17-24)35(7-3)8-4/h5-6,14-17,25-29,38H,1-2,7-13,18-22H2,3-4H3/t25?,26-,27+,28-,29?,33?/m1/s1. The van der Waals surface area contributed by atoms with E-state index in [-0.39, 0.29) is 36.4 Å². The molecule has 1 N–H and O–H groups in total. The minimum Gasteiger partial charge on any atom is -0.465 e. The first-order valence-corrected chi connectivity index (χ1v) is 16.5. The molecule has 9 nitrogen and oxygen atoms in total. The zero-order chi connectivity index (χ0) is 31.1. The average Bonchev–Trinajstić information content (AvgIpc) is 3.60. The summed E-state index contributed by atoms with van der Waals surface area (Å²) >= 11 is 3.71. The molecule has 10 heteroatoms. The van der Waals surface area contributed by atoms with E-state index in [9.17, 15) is 19.5 Å². The molecule has 2 amide bonds. The molecule has 0 saturated carbocycles. The Labute approximate surface area is 264 Å². The molecule has 1 aromatic carbocycles. The van der Waals surface area contributed by atoms with Crippen LogP contribution in [0, 0.1) is 11.8 Å². The number of esters is 1. The summed E-state index contributed by atoms with van der Waals surface area (Å²) in [5.74, 6) is -2.55. The third kappa shape index (κ3) is 6.42. The molecule has 3 aliphatic rings. The van der Waals surface area contributed by atoms with E-state index in [1.165, 1.54) is 0 Å². The van der Waals surface area contributed by atoms with Gasteiger partial charge in [0.25, 0.3) is 5.91 Å². The molecule has 43 heavy (non-hydrogen) atoms. The second-order valence-corrected chi connectivity index (χ2v) is 12.7. The van der Waals surface area contributed by atoms with Gasteiger partial charge in [0.05, 0.1) is 24.5 Å². The molecule has 3 aliphatic heterocycles. The Morgan fingerprint density at radius 3 is 2.42 bits per heavy atom. The maximum Gasteiger partial charge on any atom is 0.312 e. The van der Waals surface area contributed by atoms with Gasteiger partial charge in [0.15, 0.2) is 0 Å². The number of hydrogen-bond acceptors (Lipinski definition) is 7. The van der Waals surface area contributed by atoms with Crippen LogP contribution in [0.5, 0.6) is 0 Å². The van der Waals surface area contributed by atoms with E-state index in [2.05, 4.69) is 47.8 Å². The third-order valence-corrected chi connectivity index (χ3v) is 9.88. The number of aliphatic hydroxyl groups excluding tert-OH is 1. The fraction of sp³-hybridized carbons (Fsp3) is 0.606. The first-order valence-electron chi connectivity index (χ1n) is 15.6. The number of benzene rings is 1. The van der Waals surface area contributed by atoms with E-state index in [4.69, 9.17) is 9.47 Å². The van der Waals surface area contributed by atoms with Crippen molar-refractivity contribution in [3.05, 3.63) is 49.6 Å². The zero-order valence-electron chi connectivity index (χ0n) is 25.5. The highest BCUT2D eigenvalue weighted by atomic mass is 79.9. The quantitative estimate of drug-likeness (QED) is 0.114. The number of anilines is 2. The highest BCUT2D eigenvalue weighted by Crippen LogP contribution is 2.60. The fourth-order valence-corrected chi connectivity index (χ4v) is 7.98. The number of carbonyl (C=O) groups is 3. The smallest absolute Gasteiger partial charge is 0.312 e. The maximum absolute atomic E-state index is 14.7. The Bertz CT molecular complexity index is 1160. The second kappa shape index (κ2) is 14.9. The summed E-state index contributed by atoms with van der Waals surface area (Å²) in [5.41, 5.74) is 0.622. The molecule has 0 radical (unpaired) electrons. The molecule has 2 bridgehead atoms. The van der Waals surface area contributed by atoms with Crippen molar-refractivity contribution in [3.63, 3.8) is 0 Å². The van der Waals surface area contributed by atoms with Gasteiger partial charge < -0.3 is 29.3 Å². The molecule has 236 valence electrons. The van der Waals surface area contributed by atoms with Crippen molar-refractivity contribution in [2.75, 3.05) is 49.2 Å². The van der Waals surface area contributed by atoms with Gasteiger partial charge in [-0.05, 0) is 63.8 Å². The van der Waals surface area contributed by atoms with Crippen molar-refractivity contribution in [1.82, 2.24) is 4.90 Å². The molecule has 4 rings (SSSR count). The van der Waals surface area contributed by atoms with Gasteiger partial charge in [-0.25, -0.2) is 0 Å². The predicted molar refractivity (Wildman–Crippen MR) is 171 cm³/mol. The van der Waals surface area contributed by atoms with E-state index in [1.807, 2.05) is 24.3 Å². The van der Waals surface area contributed by atoms with Crippen LogP contribution >= 0.6 is 15.9 Å². The van der Waals surface area contributed by atoms with Crippen molar-refractivity contribution in [2.24, 2.45) is 11.8 Å². The van der Waals surface area contributed by atoms with Crippen molar-refractivity contribution in [1.29, 1.82) is 0 Å². The molecule has 1 aromatic rings. The SMILES string of the molecule is C=CCCOC(=O)[C@H]1[C@@H]2OC3(CC2Br)C(C(=O)N(CC=C)c2ccc(N(CC)CC)cc2)N(CCCCCCO)C(=O)[C@H]13. The summed E-state index contributed by atoms with van der Waals surface area (Å²) < 4.78 is 12.2. The maximum atomic E-state index is 14.7. The van der Waals surface area contributed by atoms with Crippen molar-refractivity contribution in [3.8, 4) is 0 Å². The number of rotatable bonds is 17. The number of aliphatic hydroxyl groups is 1. The highest BCUT2D eigenvalue weighted by Gasteiger charge is 2.77. The number of unbranched alkanes of at least 4 members (excludes halogenated alkanes) is 3. The topological polar surface area (TPSA) is 99.6 Å². The first-order chi connectivity index (χ1) is 20.8. The normalized spacial score (nSPS) is 27.2. The van der Waals surface area contributed by atoms with Crippen LogP contribution in [0.1, 0.15) is 52.4 Å². The largest absolute Gasteiger partial charge is 0.465 e. The number of carbonyl (C=O) groups excluding carboxylic acids is 3. The number of halogens is 1. The van der Waals surface area contributed by atoms with Crippen LogP contribution in [0.25, 0.3) is 0 Å². The second-order valence-electron chi connectivity index (χ2n) is 11.5. The summed E-state index contributed by atoms with van der Waals surface area (Å²) in [6.45, 7) is 14.5. The Morgan fingerprint density at radius 2 is 1.79 bits per heavy atom. The molecule has 3 fully saturated rings. The summed E-state index contributed by atoms with van der Waals surface area (Å²) in [5, 5.41) is 9.20. The predicted octanol–water partition coefficient (Wildman–Crippen LogP) is 4.47. The molecular weight excluding hydrogens is 614 g/mol. The van der Waals surface area contributed by atoms with Crippen LogP contribution in [0.4, 0.5) is 11.4 Å². The van der Waals surface area contributed by atoms with Gasteiger partial charge in [-0.1, -0.05) is 40.9 Å². The number of alkyl halides is 1. The fourth-order valence-electron chi connectivity index (χ4n) is 7.04. The van der Waals surface area contributed by atoms with Crippen molar-refractivity contribution >= 4 is 45.1 Å². The van der Waals surface area contributed by atoms with Crippen LogP contribution in [-0.2, 0) is 23.9 Å². The van der Waals surface area contributed by atoms with E-state index in [1.54, 1.807) is 22.0 Å². The zero-order valence-corrected chi connectivity index (χ0v) is 27.0. The number of nitrogens with zero attached hydrogens (tertiary/aromatic N) is 3. The molecule has 3 saturated heterocycles. The van der Waals surface area contributed by atoms with Gasteiger partial charge in [0.2, 0.25) is 5.91 Å². The Balaban J connectivity index is 1.69. The molecule has 3 heterocycles. The molecular formula is C33H46BrN3O6.